The van der Waals surface area contributed by atoms with Crippen LogP contribution in [0.15, 0.2) is 42.7 Å². The van der Waals surface area contributed by atoms with Crippen LogP contribution in [0.5, 0.6) is 0 Å². The van der Waals surface area contributed by atoms with E-state index in [1.54, 1.807) is 6.20 Å². The van der Waals surface area contributed by atoms with Crippen molar-refractivity contribution < 1.29 is 4.39 Å². The van der Waals surface area contributed by atoms with Crippen LogP contribution in [-0.4, -0.2) is 21.5 Å². The molecule has 0 unspecified atom stereocenters. The van der Waals surface area contributed by atoms with E-state index in [9.17, 15) is 4.39 Å². The summed E-state index contributed by atoms with van der Waals surface area (Å²) < 4.78 is 13.5. The standard InChI is InChI=1S/C15H14FN5/c16-12-9-20-15(17)21-14(12)19-8-6-11-4-1-3-10-5-2-7-18-13(10)11/h1-5,7,9H,6,8H2,(H3,17,19,20,21). The summed E-state index contributed by atoms with van der Waals surface area (Å²) in [5.41, 5.74) is 7.51. The summed E-state index contributed by atoms with van der Waals surface area (Å²) in [7, 11) is 0. The van der Waals surface area contributed by atoms with Gasteiger partial charge in [0.25, 0.3) is 0 Å². The smallest absolute Gasteiger partial charge is 0.222 e. The Balaban J connectivity index is 1.74. The van der Waals surface area contributed by atoms with E-state index in [2.05, 4.69) is 20.3 Å². The van der Waals surface area contributed by atoms with Crippen LogP contribution >= 0.6 is 0 Å². The Morgan fingerprint density at radius 1 is 1.14 bits per heavy atom. The minimum atomic E-state index is -0.514. The molecular weight excluding hydrogens is 269 g/mol. The molecule has 0 atom stereocenters. The Hall–Kier alpha value is -2.76. The van der Waals surface area contributed by atoms with Gasteiger partial charge in [-0.15, -0.1) is 0 Å². The lowest BCUT2D eigenvalue weighted by atomic mass is 10.1. The van der Waals surface area contributed by atoms with E-state index >= 15 is 0 Å². The van der Waals surface area contributed by atoms with Crippen molar-refractivity contribution in [2.24, 2.45) is 0 Å². The maximum Gasteiger partial charge on any atom is 0.222 e. The van der Waals surface area contributed by atoms with Crippen molar-refractivity contribution >= 4 is 22.7 Å². The lowest BCUT2D eigenvalue weighted by Crippen LogP contribution is -2.10. The van der Waals surface area contributed by atoms with Crippen molar-refractivity contribution in [2.45, 2.75) is 6.42 Å². The molecule has 0 aliphatic carbocycles. The van der Waals surface area contributed by atoms with E-state index in [0.29, 0.717) is 13.0 Å². The van der Waals surface area contributed by atoms with Crippen LogP contribution in [0.4, 0.5) is 16.2 Å². The fourth-order valence-corrected chi connectivity index (χ4v) is 2.19. The van der Waals surface area contributed by atoms with E-state index in [-0.39, 0.29) is 11.8 Å². The number of halogens is 1. The summed E-state index contributed by atoms with van der Waals surface area (Å²) in [6.07, 6.45) is 3.53. The van der Waals surface area contributed by atoms with Crippen LogP contribution in [0.1, 0.15) is 5.56 Å². The van der Waals surface area contributed by atoms with Crippen molar-refractivity contribution in [3.8, 4) is 0 Å². The number of nitrogens with zero attached hydrogens (tertiary/aromatic N) is 3. The zero-order valence-electron chi connectivity index (χ0n) is 11.3. The van der Waals surface area contributed by atoms with Crippen molar-refractivity contribution in [1.29, 1.82) is 0 Å². The molecular formula is C15H14FN5. The minimum Gasteiger partial charge on any atom is -0.368 e. The second-order valence-electron chi connectivity index (χ2n) is 4.59. The van der Waals surface area contributed by atoms with E-state index in [1.165, 1.54) is 0 Å². The van der Waals surface area contributed by atoms with E-state index in [1.807, 2.05) is 30.3 Å². The molecule has 0 amide bonds. The SMILES string of the molecule is Nc1ncc(F)c(NCCc2cccc3cccnc23)n1. The van der Waals surface area contributed by atoms with Gasteiger partial charge in [-0.2, -0.15) is 4.98 Å². The van der Waals surface area contributed by atoms with Gasteiger partial charge in [-0.05, 0) is 18.1 Å². The minimum absolute atomic E-state index is 0.0470. The molecule has 2 aromatic heterocycles. The van der Waals surface area contributed by atoms with Crippen LogP contribution in [0, 0.1) is 5.82 Å². The molecule has 0 spiro atoms. The summed E-state index contributed by atoms with van der Waals surface area (Å²) >= 11 is 0. The first-order chi connectivity index (χ1) is 10.2. The fraction of sp³-hybridized carbons (Fsp3) is 0.133. The van der Waals surface area contributed by atoms with Gasteiger partial charge in [0.05, 0.1) is 11.7 Å². The summed E-state index contributed by atoms with van der Waals surface area (Å²) in [5.74, 6) is -0.346. The highest BCUT2D eigenvalue weighted by Gasteiger charge is 2.06. The Morgan fingerprint density at radius 3 is 2.90 bits per heavy atom. The lowest BCUT2D eigenvalue weighted by molar-refractivity contribution is 0.617. The molecule has 0 saturated heterocycles. The van der Waals surface area contributed by atoms with Gasteiger partial charge in [0.2, 0.25) is 5.95 Å². The van der Waals surface area contributed by atoms with Gasteiger partial charge < -0.3 is 11.1 Å². The third-order valence-electron chi connectivity index (χ3n) is 3.17. The number of aromatic nitrogens is 3. The number of benzene rings is 1. The molecule has 21 heavy (non-hydrogen) atoms. The molecule has 3 N–H and O–H groups in total. The zero-order chi connectivity index (χ0) is 14.7. The highest BCUT2D eigenvalue weighted by Crippen LogP contribution is 2.17. The highest BCUT2D eigenvalue weighted by molar-refractivity contribution is 5.81. The molecule has 0 aliphatic heterocycles. The van der Waals surface area contributed by atoms with Crippen molar-refractivity contribution in [3.05, 3.63) is 54.1 Å². The summed E-state index contributed by atoms with van der Waals surface area (Å²) in [5, 5.41) is 4.02. The summed E-state index contributed by atoms with van der Waals surface area (Å²) in [4.78, 5) is 11.8. The molecule has 5 nitrogen and oxygen atoms in total. The van der Waals surface area contributed by atoms with Gasteiger partial charge in [-0.1, -0.05) is 24.3 Å². The number of hydrogen-bond donors (Lipinski definition) is 2. The second kappa shape index (κ2) is 5.70. The molecule has 0 fully saturated rings. The summed E-state index contributed by atoms with van der Waals surface area (Å²) in [6.45, 7) is 0.531. The first-order valence-electron chi connectivity index (χ1n) is 6.58. The van der Waals surface area contributed by atoms with Gasteiger partial charge in [0.15, 0.2) is 11.6 Å². The number of hydrogen-bond acceptors (Lipinski definition) is 5. The topological polar surface area (TPSA) is 76.7 Å². The fourth-order valence-electron chi connectivity index (χ4n) is 2.19. The van der Waals surface area contributed by atoms with Crippen LogP contribution < -0.4 is 11.1 Å². The Morgan fingerprint density at radius 2 is 2.00 bits per heavy atom. The van der Waals surface area contributed by atoms with Gasteiger partial charge in [0, 0.05) is 18.1 Å². The number of nitrogens with one attached hydrogen (secondary N) is 1. The number of anilines is 2. The number of para-hydroxylation sites is 1. The Kier molecular flexibility index (Phi) is 3.59. The van der Waals surface area contributed by atoms with Crippen LogP contribution in [0.3, 0.4) is 0 Å². The predicted molar refractivity (Wildman–Crippen MR) is 80.3 cm³/mol. The van der Waals surface area contributed by atoms with Crippen LogP contribution in [0.25, 0.3) is 10.9 Å². The number of rotatable bonds is 4. The first-order valence-corrected chi connectivity index (χ1v) is 6.58. The molecule has 6 heteroatoms. The lowest BCUT2D eigenvalue weighted by Gasteiger charge is -2.08. The molecule has 0 aliphatic rings. The van der Waals surface area contributed by atoms with Gasteiger partial charge in [-0.25, -0.2) is 9.37 Å². The average Bonchev–Trinajstić information content (AvgIpc) is 2.51. The third kappa shape index (κ3) is 2.89. The number of nitrogens with two attached hydrogens (primary N) is 1. The molecule has 2 heterocycles. The van der Waals surface area contributed by atoms with Gasteiger partial charge in [0.1, 0.15) is 0 Å². The van der Waals surface area contributed by atoms with Crippen molar-refractivity contribution in [1.82, 2.24) is 15.0 Å². The van der Waals surface area contributed by atoms with E-state index in [4.69, 9.17) is 5.73 Å². The highest BCUT2D eigenvalue weighted by atomic mass is 19.1. The molecule has 1 aromatic carbocycles. The van der Waals surface area contributed by atoms with E-state index < -0.39 is 5.82 Å². The zero-order valence-corrected chi connectivity index (χ0v) is 11.3. The monoisotopic (exact) mass is 283 g/mol. The first kappa shape index (κ1) is 13.2. The molecule has 3 aromatic rings. The maximum atomic E-state index is 13.5. The quantitative estimate of drug-likeness (QED) is 0.769. The Bertz CT molecular complexity index is 770. The average molecular weight is 283 g/mol. The van der Waals surface area contributed by atoms with Gasteiger partial charge in [-0.3, -0.25) is 4.98 Å². The Labute approximate surface area is 121 Å². The van der Waals surface area contributed by atoms with E-state index in [0.717, 1.165) is 22.7 Å². The van der Waals surface area contributed by atoms with Crippen LogP contribution in [-0.2, 0) is 6.42 Å². The summed E-state index contributed by atoms with van der Waals surface area (Å²) in [6, 6.07) is 9.95. The molecule has 0 bridgehead atoms. The van der Waals surface area contributed by atoms with Crippen LogP contribution in [0.2, 0.25) is 0 Å². The molecule has 3 rings (SSSR count). The van der Waals surface area contributed by atoms with Gasteiger partial charge >= 0.3 is 0 Å². The van der Waals surface area contributed by atoms with Crippen molar-refractivity contribution in [3.63, 3.8) is 0 Å². The number of fused-ring (bicyclic) bond motifs is 1. The number of nitrogen functional groups attached to an aromatic ring is 1. The normalized spacial score (nSPS) is 10.7. The molecule has 0 saturated carbocycles. The second-order valence-corrected chi connectivity index (χ2v) is 4.59. The molecule has 0 radical (unpaired) electrons. The third-order valence-corrected chi connectivity index (χ3v) is 3.17. The van der Waals surface area contributed by atoms with Crippen molar-refractivity contribution in [2.75, 3.05) is 17.6 Å². The maximum absolute atomic E-state index is 13.5. The predicted octanol–water partition coefficient (Wildman–Crippen LogP) is 2.40. The largest absolute Gasteiger partial charge is 0.368 e. The number of pyridine rings is 1. The molecule has 106 valence electrons.